The molecule has 0 fully saturated rings. The molecule has 0 atom stereocenters. The van der Waals surface area contributed by atoms with Gasteiger partial charge in [0.25, 0.3) is 0 Å². The average Bonchev–Trinajstić information content (AvgIpc) is 2.64. The van der Waals surface area contributed by atoms with E-state index in [-0.39, 0.29) is 0 Å². The van der Waals surface area contributed by atoms with Crippen LogP contribution in [0.2, 0.25) is 0 Å². The summed E-state index contributed by atoms with van der Waals surface area (Å²) >= 11 is 0. The van der Waals surface area contributed by atoms with Crippen molar-refractivity contribution in [2.75, 3.05) is 19.0 Å². The van der Waals surface area contributed by atoms with Crippen molar-refractivity contribution in [3.63, 3.8) is 0 Å². The summed E-state index contributed by atoms with van der Waals surface area (Å²) < 4.78 is 0. The summed E-state index contributed by atoms with van der Waals surface area (Å²) in [5.41, 5.74) is 3.01. The molecular formula is C25H23NO. The Morgan fingerprint density at radius 3 is 1.96 bits per heavy atom. The van der Waals surface area contributed by atoms with Gasteiger partial charge in [-0.15, -0.1) is 0 Å². The van der Waals surface area contributed by atoms with Crippen LogP contribution in [0.3, 0.4) is 0 Å². The van der Waals surface area contributed by atoms with E-state index >= 15 is 0 Å². The molecular weight excluding hydrogens is 330 g/mol. The molecule has 0 radical (unpaired) electrons. The molecule has 2 nitrogen and oxygen atoms in total. The molecule has 0 aromatic heterocycles. The van der Waals surface area contributed by atoms with E-state index in [1.54, 1.807) is 13.8 Å². The second-order valence-corrected chi connectivity index (χ2v) is 7.21. The molecule has 27 heavy (non-hydrogen) atoms. The summed E-state index contributed by atoms with van der Waals surface area (Å²) in [7, 11) is 4.10. The van der Waals surface area contributed by atoms with Crippen LogP contribution >= 0.6 is 0 Å². The molecule has 0 spiro atoms. The van der Waals surface area contributed by atoms with Crippen LogP contribution in [0.5, 0.6) is 0 Å². The molecule has 3 rings (SSSR count). The number of aliphatic hydroxyl groups is 1. The number of nitrogens with zero attached hydrogens (tertiary/aromatic N) is 1. The maximum Gasteiger partial charge on any atom is 0.120 e. The van der Waals surface area contributed by atoms with Crippen LogP contribution in [0.15, 0.2) is 60.7 Å². The fraction of sp³-hybridized carbons (Fsp3) is 0.200. The molecule has 0 aliphatic rings. The van der Waals surface area contributed by atoms with Crippen molar-refractivity contribution in [1.82, 2.24) is 0 Å². The van der Waals surface area contributed by atoms with Gasteiger partial charge in [0, 0.05) is 41.9 Å². The molecule has 2 heteroatoms. The third-order valence-corrected chi connectivity index (χ3v) is 4.12. The highest BCUT2D eigenvalue weighted by Crippen LogP contribution is 2.27. The molecule has 0 unspecified atom stereocenters. The minimum atomic E-state index is -0.988. The lowest BCUT2D eigenvalue weighted by Gasteiger charge is -2.15. The van der Waals surface area contributed by atoms with Crippen molar-refractivity contribution in [2.45, 2.75) is 19.4 Å². The van der Waals surface area contributed by atoms with Gasteiger partial charge in [-0.1, -0.05) is 47.9 Å². The van der Waals surface area contributed by atoms with Gasteiger partial charge in [0.15, 0.2) is 0 Å². The van der Waals surface area contributed by atoms with Crippen molar-refractivity contribution < 1.29 is 5.11 Å². The predicted molar refractivity (Wildman–Crippen MR) is 114 cm³/mol. The second-order valence-electron chi connectivity index (χ2n) is 7.21. The SMILES string of the molecule is CN(C)c1cccc2c(C#Cc3ccc(C#CC(C)(C)O)cc3)cccc12. The largest absolute Gasteiger partial charge is 0.378 e. The Balaban J connectivity index is 1.92. The minimum absolute atomic E-state index is 0.864. The maximum atomic E-state index is 9.69. The second kappa shape index (κ2) is 7.58. The molecule has 0 aliphatic heterocycles. The van der Waals surface area contributed by atoms with E-state index in [1.165, 1.54) is 11.1 Å². The first-order chi connectivity index (χ1) is 12.8. The fourth-order valence-electron chi connectivity index (χ4n) is 2.79. The Hall–Kier alpha value is -3.20. The molecule has 0 bridgehead atoms. The van der Waals surface area contributed by atoms with Crippen LogP contribution in [0, 0.1) is 23.7 Å². The van der Waals surface area contributed by atoms with Gasteiger partial charge in [0.1, 0.15) is 5.60 Å². The zero-order valence-electron chi connectivity index (χ0n) is 16.2. The van der Waals surface area contributed by atoms with E-state index in [2.05, 4.69) is 79.1 Å². The number of rotatable bonds is 1. The van der Waals surface area contributed by atoms with Gasteiger partial charge >= 0.3 is 0 Å². The lowest BCUT2D eigenvalue weighted by molar-refractivity contribution is 0.143. The van der Waals surface area contributed by atoms with Crippen LogP contribution in [0.4, 0.5) is 5.69 Å². The van der Waals surface area contributed by atoms with Crippen LogP contribution in [0.25, 0.3) is 10.8 Å². The highest BCUT2D eigenvalue weighted by molar-refractivity contribution is 5.97. The van der Waals surface area contributed by atoms with Crippen LogP contribution in [-0.2, 0) is 0 Å². The number of fused-ring (bicyclic) bond motifs is 1. The Morgan fingerprint density at radius 1 is 0.741 bits per heavy atom. The van der Waals surface area contributed by atoms with Gasteiger partial charge < -0.3 is 10.0 Å². The monoisotopic (exact) mass is 353 g/mol. The number of hydrogen-bond donors (Lipinski definition) is 1. The van der Waals surface area contributed by atoms with Crippen molar-refractivity contribution >= 4 is 16.5 Å². The summed E-state index contributed by atoms with van der Waals surface area (Å²) in [4.78, 5) is 2.12. The summed E-state index contributed by atoms with van der Waals surface area (Å²) in [5, 5.41) is 12.0. The van der Waals surface area contributed by atoms with Crippen LogP contribution in [0.1, 0.15) is 30.5 Å². The van der Waals surface area contributed by atoms with E-state index in [0.717, 1.165) is 22.1 Å². The molecule has 3 aromatic carbocycles. The summed E-state index contributed by atoms with van der Waals surface area (Å²) in [5.74, 6) is 12.3. The van der Waals surface area contributed by atoms with E-state index in [4.69, 9.17) is 0 Å². The van der Waals surface area contributed by atoms with E-state index in [1.807, 2.05) is 24.3 Å². The number of anilines is 1. The lowest BCUT2D eigenvalue weighted by Crippen LogP contribution is -2.14. The third kappa shape index (κ3) is 4.70. The molecule has 3 aromatic rings. The Kier molecular flexibility index (Phi) is 5.22. The van der Waals surface area contributed by atoms with Crippen molar-refractivity contribution in [1.29, 1.82) is 0 Å². The first kappa shape index (κ1) is 18.6. The van der Waals surface area contributed by atoms with Crippen LogP contribution < -0.4 is 4.90 Å². The molecule has 0 amide bonds. The lowest BCUT2D eigenvalue weighted by atomic mass is 10.0. The van der Waals surface area contributed by atoms with Gasteiger partial charge in [-0.3, -0.25) is 0 Å². The minimum Gasteiger partial charge on any atom is -0.378 e. The molecule has 1 N–H and O–H groups in total. The van der Waals surface area contributed by atoms with Crippen LogP contribution in [-0.4, -0.2) is 24.8 Å². The number of hydrogen-bond acceptors (Lipinski definition) is 2. The quantitative estimate of drug-likeness (QED) is 0.654. The van der Waals surface area contributed by atoms with Gasteiger partial charge in [-0.2, -0.15) is 0 Å². The zero-order chi connectivity index (χ0) is 19.4. The number of benzene rings is 3. The average molecular weight is 353 g/mol. The first-order valence-corrected chi connectivity index (χ1v) is 8.90. The highest BCUT2D eigenvalue weighted by atomic mass is 16.3. The Morgan fingerprint density at radius 2 is 1.33 bits per heavy atom. The van der Waals surface area contributed by atoms with Crippen molar-refractivity contribution in [2.24, 2.45) is 0 Å². The van der Waals surface area contributed by atoms with E-state index in [0.29, 0.717) is 0 Å². The molecule has 134 valence electrons. The smallest absolute Gasteiger partial charge is 0.120 e. The molecule has 0 heterocycles. The molecule has 0 saturated carbocycles. The molecule has 0 saturated heterocycles. The maximum absolute atomic E-state index is 9.69. The van der Waals surface area contributed by atoms with Gasteiger partial charge in [0.05, 0.1) is 0 Å². The fourth-order valence-corrected chi connectivity index (χ4v) is 2.79. The van der Waals surface area contributed by atoms with Crippen molar-refractivity contribution in [3.05, 3.63) is 77.4 Å². The van der Waals surface area contributed by atoms with E-state index in [9.17, 15) is 5.11 Å². The molecule has 0 aliphatic carbocycles. The van der Waals surface area contributed by atoms with Gasteiger partial charge in [-0.05, 0) is 55.6 Å². The zero-order valence-corrected chi connectivity index (χ0v) is 16.2. The Bertz CT molecular complexity index is 1080. The van der Waals surface area contributed by atoms with E-state index < -0.39 is 5.60 Å². The summed E-state index contributed by atoms with van der Waals surface area (Å²) in [6, 6.07) is 20.3. The topological polar surface area (TPSA) is 23.5 Å². The summed E-state index contributed by atoms with van der Waals surface area (Å²) in [6.07, 6.45) is 0. The third-order valence-electron chi connectivity index (χ3n) is 4.12. The van der Waals surface area contributed by atoms with Gasteiger partial charge in [0.2, 0.25) is 0 Å². The first-order valence-electron chi connectivity index (χ1n) is 8.90. The highest BCUT2D eigenvalue weighted by Gasteiger charge is 2.06. The predicted octanol–water partition coefficient (Wildman–Crippen LogP) is 4.43. The van der Waals surface area contributed by atoms with Crippen molar-refractivity contribution in [3.8, 4) is 23.7 Å². The standard InChI is InChI=1S/C25H23NO/c1-25(2,27)18-17-20-13-11-19(12-14-20)15-16-21-7-5-9-23-22(21)8-6-10-24(23)26(3)4/h5-14,27H,1-4H3. The Labute approximate surface area is 161 Å². The summed E-state index contributed by atoms with van der Waals surface area (Å²) in [6.45, 7) is 3.34. The normalized spacial score (nSPS) is 10.6. The van der Waals surface area contributed by atoms with Gasteiger partial charge in [-0.25, -0.2) is 0 Å².